The highest BCUT2D eigenvalue weighted by Gasteiger charge is 2.24. The van der Waals surface area contributed by atoms with Crippen molar-refractivity contribution in [1.29, 1.82) is 0 Å². The average molecular weight is 437 g/mol. The first kappa shape index (κ1) is 16.8. The number of ether oxygens (including phenoxy) is 2. The minimum atomic E-state index is -0.354. The highest BCUT2D eigenvalue weighted by Crippen LogP contribution is 2.20. The molecule has 0 bridgehead atoms. The maximum absolute atomic E-state index is 12.0. The molecular formula is C18H16INO4. The number of hydrogen-bond acceptors (Lipinski definition) is 5. The number of benzene rings is 2. The lowest BCUT2D eigenvalue weighted by Crippen LogP contribution is -2.19. The number of esters is 1. The minimum Gasteiger partial charge on any atom is -0.497 e. The van der Waals surface area contributed by atoms with Gasteiger partial charge in [0.05, 0.1) is 18.4 Å². The van der Waals surface area contributed by atoms with Gasteiger partial charge in [-0.3, -0.25) is 0 Å². The molecule has 5 nitrogen and oxygen atoms in total. The summed E-state index contributed by atoms with van der Waals surface area (Å²) in [7, 11) is 1.63. The molecule has 0 saturated carbocycles. The van der Waals surface area contributed by atoms with E-state index in [0.29, 0.717) is 12.0 Å². The molecule has 0 aliphatic carbocycles. The number of rotatable bonds is 5. The van der Waals surface area contributed by atoms with Gasteiger partial charge in [0.2, 0.25) is 0 Å². The van der Waals surface area contributed by atoms with Gasteiger partial charge in [0.25, 0.3) is 0 Å². The Morgan fingerprint density at radius 2 is 1.92 bits per heavy atom. The van der Waals surface area contributed by atoms with Crippen LogP contribution < -0.4 is 4.74 Å². The molecule has 0 saturated heterocycles. The molecule has 0 aromatic heterocycles. The molecule has 0 radical (unpaired) electrons. The van der Waals surface area contributed by atoms with E-state index in [2.05, 4.69) is 27.7 Å². The van der Waals surface area contributed by atoms with Crippen LogP contribution in [0, 0.1) is 3.57 Å². The molecule has 1 aliphatic rings. The molecule has 124 valence electrons. The summed E-state index contributed by atoms with van der Waals surface area (Å²) in [6.07, 6.45) is 0.349. The molecule has 3 rings (SSSR count). The lowest BCUT2D eigenvalue weighted by Gasteiger charge is -2.09. The summed E-state index contributed by atoms with van der Waals surface area (Å²) in [5, 5.41) is 4.09. The van der Waals surface area contributed by atoms with E-state index in [0.717, 1.165) is 20.6 Å². The standard InChI is InChI=1S/C18H16INO4/c1-22-15-8-4-12(5-9-15)17-10-16(24-20-17)11-23-18(21)13-2-6-14(19)7-3-13/h2-9,16H,10-11H2,1H3/t16-/m1/s1. The average Bonchev–Trinajstić information content (AvgIpc) is 3.09. The van der Waals surface area contributed by atoms with Crippen molar-refractivity contribution in [3.63, 3.8) is 0 Å². The molecule has 2 aromatic rings. The number of methoxy groups -OCH3 is 1. The molecule has 0 spiro atoms. The third-order valence-electron chi connectivity index (χ3n) is 3.64. The van der Waals surface area contributed by atoms with E-state index in [-0.39, 0.29) is 18.7 Å². The van der Waals surface area contributed by atoms with Crippen LogP contribution in [0.3, 0.4) is 0 Å². The van der Waals surface area contributed by atoms with Crippen molar-refractivity contribution < 1.29 is 19.1 Å². The van der Waals surface area contributed by atoms with Crippen molar-refractivity contribution in [3.05, 3.63) is 63.2 Å². The van der Waals surface area contributed by atoms with Crippen molar-refractivity contribution in [2.75, 3.05) is 13.7 Å². The Labute approximate surface area is 153 Å². The zero-order chi connectivity index (χ0) is 16.9. The predicted molar refractivity (Wildman–Crippen MR) is 98.5 cm³/mol. The smallest absolute Gasteiger partial charge is 0.338 e. The number of nitrogens with zero attached hydrogens (tertiary/aromatic N) is 1. The maximum atomic E-state index is 12.0. The van der Waals surface area contributed by atoms with Crippen LogP contribution in [0.5, 0.6) is 5.75 Å². The number of halogens is 1. The molecular weight excluding hydrogens is 421 g/mol. The second-order valence-electron chi connectivity index (χ2n) is 5.30. The fraction of sp³-hybridized carbons (Fsp3) is 0.222. The van der Waals surface area contributed by atoms with Crippen molar-refractivity contribution in [2.24, 2.45) is 5.16 Å². The van der Waals surface area contributed by atoms with Crippen LogP contribution in [0.1, 0.15) is 22.3 Å². The summed E-state index contributed by atoms with van der Waals surface area (Å²) in [4.78, 5) is 17.4. The van der Waals surface area contributed by atoms with E-state index in [1.807, 2.05) is 36.4 Å². The lowest BCUT2D eigenvalue weighted by atomic mass is 10.1. The van der Waals surface area contributed by atoms with Crippen LogP contribution in [0.4, 0.5) is 0 Å². The van der Waals surface area contributed by atoms with Gasteiger partial charge >= 0.3 is 5.97 Å². The summed E-state index contributed by atoms with van der Waals surface area (Å²) in [6.45, 7) is 0.175. The highest BCUT2D eigenvalue weighted by molar-refractivity contribution is 14.1. The quantitative estimate of drug-likeness (QED) is 0.530. The third-order valence-corrected chi connectivity index (χ3v) is 4.36. The second kappa shape index (κ2) is 7.65. The van der Waals surface area contributed by atoms with Crippen LogP contribution in [0.2, 0.25) is 0 Å². The van der Waals surface area contributed by atoms with Gasteiger partial charge < -0.3 is 14.3 Å². The SMILES string of the molecule is COc1ccc(C2=NO[C@@H](COC(=O)c3ccc(I)cc3)C2)cc1. The summed E-state index contributed by atoms with van der Waals surface area (Å²) in [5.41, 5.74) is 2.35. The summed E-state index contributed by atoms with van der Waals surface area (Å²) in [6, 6.07) is 14.9. The van der Waals surface area contributed by atoms with Crippen molar-refractivity contribution in [3.8, 4) is 5.75 Å². The predicted octanol–water partition coefficient (Wildman–Crippen LogP) is 3.65. The Kier molecular flexibility index (Phi) is 5.34. The van der Waals surface area contributed by atoms with Gasteiger partial charge in [-0.05, 0) is 76.7 Å². The van der Waals surface area contributed by atoms with Crippen LogP contribution >= 0.6 is 22.6 Å². The summed E-state index contributed by atoms with van der Waals surface area (Å²) < 4.78 is 11.5. The van der Waals surface area contributed by atoms with Gasteiger partial charge in [-0.2, -0.15) is 0 Å². The van der Waals surface area contributed by atoms with Gasteiger partial charge in [-0.1, -0.05) is 5.16 Å². The third kappa shape index (κ3) is 4.05. The highest BCUT2D eigenvalue weighted by atomic mass is 127. The molecule has 0 fully saturated rings. The van der Waals surface area contributed by atoms with E-state index >= 15 is 0 Å². The largest absolute Gasteiger partial charge is 0.497 e. The Hall–Kier alpha value is -2.09. The molecule has 0 N–H and O–H groups in total. The number of carbonyl (C=O) groups is 1. The van der Waals surface area contributed by atoms with Crippen LogP contribution in [-0.2, 0) is 9.57 Å². The zero-order valence-corrected chi connectivity index (χ0v) is 15.2. The minimum absolute atomic E-state index is 0.175. The molecule has 0 amide bonds. The number of hydrogen-bond donors (Lipinski definition) is 0. The van der Waals surface area contributed by atoms with Crippen molar-refractivity contribution in [2.45, 2.75) is 12.5 Å². The van der Waals surface area contributed by atoms with Crippen LogP contribution in [0.15, 0.2) is 53.7 Å². The molecule has 0 unspecified atom stereocenters. The molecule has 1 aliphatic heterocycles. The van der Waals surface area contributed by atoms with E-state index < -0.39 is 0 Å². The fourth-order valence-corrected chi connectivity index (χ4v) is 2.67. The topological polar surface area (TPSA) is 57.1 Å². The van der Waals surface area contributed by atoms with Gasteiger partial charge in [-0.15, -0.1) is 0 Å². The van der Waals surface area contributed by atoms with E-state index in [4.69, 9.17) is 14.3 Å². The van der Waals surface area contributed by atoms with Gasteiger partial charge in [0, 0.05) is 9.99 Å². The van der Waals surface area contributed by atoms with Crippen LogP contribution in [-0.4, -0.2) is 31.5 Å². The molecule has 6 heteroatoms. The number of carbonyl (C=O) groups excluding carboxylic acids is 1. The Morgan fingerprint density at radius 1 is 1.21 bits per heavy atom. The van der Waals surface area contributed by atoms with Gasteiger partial charge in [0.15, 0.2) is 6.10 Å². The molecule has 1 heterocycles. The second-order valence-corrected chi connectivity index (χ2v) is 6.55. The van der Waals surface area contributed by atoms with E-state index in [1.165, 1.54) is 0 Å². The Bertz CT molecular complexity index is 741. The van der Waals surface area contributed by atoms with E-state index in [9.17, 15) is 4.79 Å². The first-order valence-electron chi connectivity index (χ1n) is 7.45. The monoisotopic (exact) mass is 437 g/mol. The maximum Gasteiger partial charge on any atom is 0.338 e. The molecule has 24 heavy (non-hydrogen) atoms. The van der Waals surface area contributed by atoms with Crippen molar-refractivity contribution >= 4 is 34.3 Å². The van der Waals surface area contributed by atoms with Gasteiger partial charge in [0.1, 0.15) is 12.4 Å². The Morgan fingerprint density at radius 3 is 2.58 bits per heavy atom. The van der Waals surface area contributed by atoms with Crippen LogP contribution in [0.25, 0.3) is 0 Å². The van der Waals surface area contributed by atoms with Gasteiger partial charge in [-0.25, -0.2) is 4.79 Å². The first-order valence-corrected chi connectivity index (χ1v) is 8.53. The first-order chi connectivity index (χ1) is 11.7. The van der Waals surface area contributed by atoms with E-state index in [1.54, 1.807) is 19.2 Å². The zero-order valence-electron chi connectivity index (χ0n) is 13.1. The number of oxime groups is 1. The molecule has 2 aromatic carbocycles. The van der Waals surface area contributed by atoms with Crippen molar-refractivity contribution in [1.82, 2.24) is 0 Å². The summed E-state index contributed by atoms with van der Waals surface area (Å²) >= 11 is 2.19. The molecule has 1 atom stereocenters. The normalized spacial score (nSPS) is 16.2. The lowest BCUT2D eigenvalue weighted by molar-refractivity contribution is 0.00686. The summed E-state index contributed by atoms with van der Waals surface area (Å²) in [5.74, 6) is 0.439. The Balaban J connectivity index is 1.51. The fourth-order valence-electron chi connectivity index (χ4n) is 2.31.